The Kier molecular flexibility index (Phi) is 3.51. The molecule has 0 aliphatic rings. The summed E-state index contributed by atoms with van der Waals surface area (Å²) in [6, 6.07) is 6.50. The lowest BCUT2D eigenvalue weighted by Gasteiger charge is -2.18. The molecule has 0 saturated heterocycles. The second-order valence-corrected chi connectivity index (χ2v) is 4.36. The molecule has 14 heavy (non-hydrogen) atoms. The minimum absolute atomic E-state index is 0.571. The molecule has 0 nitrogen and oxygen atoms in total. The van der Waals surface area contributed by atoms with Crippen molar-refractivity contribution in [3.05, 3.63) is 41.5 Å². The average Bonchev–Trinajstić information content (AvgIpc) is 2.16. The average molecular weight is 188 g/mol. The summed E-state index contributed by atoms with van der Waals surface area (Å²) in [6.07, 6.45) is 1.96. The van der Waals surface area contributed by atoms with Crippen LogP contribution in [0.3, 0.4) is 0 Å². The molecule has 0 bridgehead atoms. The first-order chi connectivity index (χ1) is 6.57. The van der Waals surface area contributed by atoms with Gasteiger partial charge in [0.2, 0.25) is 0 Å². The SMILES string of the molecule is C=Cc1cccc(C(C)C)c1C(C)C. The summed E-state index contributed by atoms with van der Waals surface area (Å²) in [5.74, 6) is 1.16. The molecule has 0 N–H and O–H groups in total. The van der Waals surface area contributed by atoms with Gasteiger partial charge in [0.25, 0.3) is 0 Å². The van der Waals surface area contributed by atoms with E-state index in [2.05, 4.69) is 52.5 Å². The van der Waals surface area contributed by atoms with Gasteiger partial charge in [0.15, 0.2) is 0 Å². The molecule has 0 fully saturated rings. The maximum absolute atomic E-state index is 3.87. The van der Waals surface area contributed by atoms with E-state index in [0.29, 0.717) is 11.8 Å². The summed E-state index contributed by atoms with van der Waals surface area (Å²) in [6.45, 7) is 12.9. The molecular formula is C14H20. The zero-order valence-electron chi connectivity index (χ0n) is 9.67. The van der Waals surface area contributed by atoms with E-state index in [1.165, 1.54) is 16.7 Å². The summed E-state index contributed by atoms with van der Waals surface area (Å²) < 4.78 is 0. The van der Waals surface area contributed by atoms with Gasteiger partial charge in [-0.3, -0.25) is 0 Å². The van der Waals surface area contributed by atoms with Gasteiger partial charge in [-0.15, -0.1) is 0 Å². The summed E-state index contributed by atoms with van der Waals surface area (Å²) >= 11 is 0. The van der Waals surface area contributed by atoms with Crippen molar-refractivity contribution in [1.29, 1.82) is 0 Å². The fraction of sp³-hybridized carbons (Fsp3) is 0.429. The first-order valence-corrected chi connectivity index (χ1v) is 5.33. The Morgan fingerprint density at radius 3 is 2.14 bits per heavy atom. The molecule has 0 amide bonds. The minimum atomic E-state index is 0.571. The van der Waals surface area contributed by atoms with E-state index in [1.807, 2.05) is 6.08 Å². The van der Waals surface area contributed by atoms with Gasteiger partial charge < -0.3 is 0 Å². The van der Waals surface area contributed by atoms with Crippen LogP contribution in [0.15, 0.2) is 24.8 Å². The molecule has 1 aromatic carbocycles. The number of hydrogen-bond acceptors (Lipinski definition) is 0. The van der Waals surface area contributed by atoms with Gasteiger partial charge in [-0.25, -0.2) is 0 Å². The van der Waals surface area contributed by atoms with Gasteiger partial charge >= 0.3 is 0 Å². The van der Waals surface area contributed by atoms with Crippen LogP contribution in [-0.2, 0) is 0 Å². The molecular weight excluding hydrogens is 168 g/mol. The molecule has 0 radical (unpaired) electrons. The largest absolute Gasteiger partial charge is 0.0985 e. The highest BCUT2D eigenvalue weighted by Crippen LogP contribution is 2.29. The van der Waals surface area contributed by atoms with Crippen molar-refractivity contribution in [2.75, 3.05) is 0 Å². The second kappa shape index (κ2) is 4.45. The van der Waals surface area contributed by atoms with Crippen LogP contribution < -0.4 is 0 Å². The van der Waals surface area contributed by atoms with Crippen molar-refractivity contribution in [3.8, 4) is 0 Å². The highest BCUT2D eigenvalue weighted by Gasteiger charge is 2.11. The van der Waals surface area contributed by atoms with Crippen LogP contribution in [0, 0.1) is 0 Å². The molecule has 0 spiro atoms. The summed E-state index contributed by atoms with van der Waals surface area (Å²) in [7, 11) is 0. The molecule has 0 aliphatic carbocycles. The highest BCUT2D eigenvalue weighted by molar-refractivity contribution is 5.56. The predicted octanol–water partition coefficient (Wildman–Crippen LogP) is 4.58. The van der Waals surface area contributed by atoms with Crippen LogP contribution in [0.25, 0.3) is 6.08 Å². The van der Waals surface area contributed by atoms with Crippen LogP contribution in [-0.4, -0.2) is 0 Å². The van der Waals surface area contributed by atoms with E-state index >= 15 is 0 Å². The van der Waals surface area contributed by atoms with E-state index in [-0.39, 0.29) is 0 Å². The molecule has 0 heterocycles. The minimum Gasteiger partial charge on any atom is -0.0985 e. The van der Waals surface area contributed by atoms with Crippen molar-refractivity contribution in [3.63, 3.8) is 0 Å². The van der Waals surface area contributed by atoms with E-state index in [4.69, 9.17) is 0 Å². The first-order valence-electron chi connectivity index (χ1n) is 5.33. The van der Waals surface area contributed by atoms with Crippen LogP contribution in [0.4, 0.5) is 0 Å². The highest BCUT2D eigenvalue weighted by atomic mass is 14.2. The smallest absolute Gasteiger partial charge is 0.0210 e. The Balaban J connectivity index is 3.35. The summed E-state index contributed by atoms with van der Waals surface area (Å²) in [4.78, 5) is 0. The molecule has 1 aromatic rings. The van der Waals surface area contributed by atoms with Gasteiger partial charge in [-0.1, -0.05) is 58.5 Å². The lowest BCUT2D eigenvalue weighted by atomic mass is 9.87. The Morgan fingerprint density at radius 1 is 1.07 bits per heavy atom. The Labute approximate surface area is 87.7 Å². The van der Waals surface area contributed by atoms with Crippen LogP contribution in [0.2, 0.25) is 0 Å². The van der Waals surface area contributed by atoms with E-state index < -0.39 is 0 Å². The molecule has 76 valence electrons. The standard InChI is InChI=1S/C14H20/c1-6-12-8-7-9-13(10(2)3)14(12)11(4)5/h6-11H,1H2,2-5H3. The van der Waals surface area contributed by atoms with E-state index in [0.717, 1.165) is 0 Å². The number of hydrogen-bond donors (Lipinski definition) is 0. The lowest BCUT2D eigenvalue weighted by molar-refractivity contribution is 0.788. The Bertz CT molecular complexity index is 319. The summed E-state index contributed by atoms with van der Waals surface area (Å²) in [5, 5.41) is 0. The molecule has 0 atom stereocenters. The molecule has 0 aliphatic heterocycles. The van der Waals surface area contributed by atoms with Crippen molar-refractivity contribution in [1.82, 2.24) is 0 Å². The third-order valence-electron chi connectivity index (χ3n) is 2.59. The normalized spacial score (nSPS) is 11.0. The number of benzene rings is 1. The summed E-state index contributed by atoms with van der Waals surface area (Å²) in [5.41, 5.74) is 4.20. The quantitative estimate of drug-likeness (QED) is 0.651. The van der Waals surface area contributed by atoms with Crippen molar-refractivity contribution in [2.45, 2.75) is 39.5 Å². The van der Waals surface area contributed by atoms with Crippen LogP contribution in [0.1, 0.15) is 56.2 Å². The molecule has 0 aromatic heterocycles. The van der Waals surface area contributed by atoms with Gasteiger partial charge in [-0.2, -0.15) is 0 Å². The fourth-order valence-electron chi connectivity index (χ4n) is 1.95. The van der Waals surface area contributed by atoms with Crippen molar-refractivity contribution >= 4 is 6.08 Å². The van der Waals surface area contributed by atoms with Crippen molar-refractivity contribution in [2.24, 2.45) is 0 Å². The van der Waals surface area contributed by atoms with Gasteiger partial charge in [-0.05, 0) is 28.5 Å². The lowest BCUT2D eigenvalue weighted by Crippen LogP contribution is -2.00. The topological polar surface area (TPSA) is 0 Å². The predicted molar refractivity (Wildman–Crippen MR) is 64.7 cm³/mol. The molecule has 0 saturated carbocycles. The molecule has 1 rings (SSSR count). The van der Waals surface area contributed by atoms with Crippen LogP contribution >= 0.6 is 0 Å². The first kappa shape index (κ1) is 11.0. The van der Waals surface area contributed by atoms with Gasteiger partial charge in [0.1, 0.15) is 0 Å². The Morgan fingerprint density at radius 2 is 1.71 bits per heavy atom. The Hall–Kier alpha value is -1.04. The second-order valence-electron chi connectivity index (χ2n) is 4.36. The monoisotopic (exact) mass is 188 g/mol. The van der Waals surface area contributed by atoms with Crippen molar-refractivity contribution < 1.29 is 0 Å². The van der Waals surface area contributed by atoms with E-state index in [9.17, 15) is 0 Å². The maximum atomic E-state index is 3.87. The number of rotatable bonds is 3. The van der Waals surface area contributed by atoms with Crippen LogP contribution in [0.5, 0.6) is 0 Å². The third kappa shape index (κ3) is 2.06. The van der Waals surface area contributed by atoms with Gasteiger partial charge in [0, 0.05) is 0 Å². The maximum Gasteiger partial charge on any atom is -0.0210 e. The zero-order chi connectivity index (χ0) is 10.7. The zero-order valence-corrected chi connectivity index (χ0v) is 9.67. The van der Waals surface area contributed by atoms with E-state index in [1.54, 1.807) is 0 Å². The fourth-order valence-corrected chi connectivity index (χ4v) is 1.95. The third-order valence-corrected chi connectivity index (χ3v) is 2.59. The molecule has 0 heteroatoms. The van der Waals surface area contributed by atoms with Gasteiger partial charge in [0.05, 0.1) is 0 Å². The molecule has 0 unspecified atom stereocenters.